The summed E-state index contributed by atoms with van der Waals surface area (Å²) >= 11 is 0. The molecule has 9 atom stereocenters. The number of likely N-dealkylation sites (tertiary alicyclic amines) is 1. The van der Waals surface area contributed by atoms with Gasteiger partial charge in [0.15, 0.2) is 0 Å². The van der Waals surface area contributed by atoms with Crippen LogP contribution in [0.2, 0.25) is 0 Å². The number of nitrogens with zero attached hydrogens (tertiary/aromatic N) is 2. The zero-order chi connectivity index (χ0) is 52.4. The Hall–Kier alpha value is -6.15. The molecule has 0 saturated carbocycles. The summed E-state index contributed by atoms with van der Waals surface area (Å²) in [5.74, 6) is -10.2. The number of nitrogens with one attached hydrogen (secondary N) is 6. The number of primary amides is 3. The third-order valence-corrected chi connectivity index (χ3v) is 14.1. The van der Waals surface area contributed by atoms with Crippen molar-refractivity contribution in [1.29, 1.82) is 0 Å². The number of phenols is 1. The Morgan fingerprint density at radius 2 is 1.43 bits per heavy atom. The van der Waals surface area contributed by atoms with Gasteiger partial charge in [0.1, 0.15) is 48.0 Å². The molecule has 26 heteroatoms. The number of nitrogens with two attached hydrogens (primary N) is 4. The third-order valence-electron chi connectivity index (χ3n) is 11.7. The molecule has 0 aliphatic carbocycles. The number of phenolic OH excluding ortho intramolecular Hbond substituents is 1. The van der Waals surface area contributed by atoms with Gasteiger partial charge in [0.2, 0.25) is 65.0 Å². The van der Waals surface area contributed by atoms with Crippen molar-refractivity contribution >= 4 is 86.6 Å². The van der Waals surface area contributed by atoms with Crippen LogP contribution in [0.4, 0.5) is 0 Å². The molecule has 0 spiro atoms. The predicted molar refractivity (Wildman–Crippen MR) is 259 cm³/mol. The van der Waals surface area contributed by atoms with Crippen LogP contribution in [0.3, 0.4) is 0 Å². The molecule has 2 heterocycles. The van der Waals surface area contributed by atoms with Gasteiger partial charge in [0.05, 0.1) is 19.0 Å². The van der Waals surface area contributed by atoms with Gasteiger partial charge in [0, 0.05) is 37.9 Å². The number of rotatable bonds is 17. The maximum atomic E-state index is 14.5. The number of amides is 11. The number of carbonyl (C=O) groups excluding carboxylic acids is 11. The average molecular weight is 1020 g/mol. The molecule has 2 aliphatic rings. The van der Waals surface area contributed by atoms with Crippen molar-refractivity contribution in [2.24, 2.45) is 34.8 Å². The van der Waals surface area contributed by atoms with Gasteiger partial charge < -0.3 is 69.7 Å². The molecular formula is C44H68N12O12S2. The smallest absolute Gasteiger partial charge is 0.246 e. The first kappa shape index (κ1) is 58.2. The largest absolute Gasteiger partial charge is 0.508 e. The molecule has 1 aromatic rings. The van der Waals surface area contributed by atoms with Crippen LogP contribution in [-0.4, -0.2) is 160 Å². The number of aromatic hydroxyl groups is 1. The Morgan fingerprint density at radius 1 is 0.814 bits per heavy atom. The lowest BCUT2D eigenvalue weighted by atomic mass is 9.95. The number of likely N-dealkylation sites (N-methyl/N-ethyl adjacent to an activating group) is 1. The fourth-order valence-corrected chi connectivity index (χ4v) is 10.1. The second-order valence-electron chi connectivity index (χ2n) is 17.8. The van der Waals surface area contributed by atoms with Gasteiger partial charge in [-0.3, -0.25) is 52.7 Å². The minimum absolute atomic E-state index is 0.0431. The Morgan fingerprint density at radius 3 is 2.03 bits per heavy atom. The summed E-state index contributed by atoms with van der Waals surface area (Å²) in [5, 5.41) is 25.2. The molecule has 0 radical (unpaired) electrons. The van der Waals surface area contributed by atoms with E-state index in [0.29, 0.717) is 18.4 Å². The van der Waals surface area contributed by atoms with Crippen molar-refractivity contribution in [3.8, 4) is 5.75 Å². The minimum Gasteiger partial charge on any atom is -0.508 e. The van der Waals surface area contributed by atoms with E-state index < -0.39 is 145 Å². The Kier molecular flexibility index (Phi) is 23.2. The maximum absolute atomic E-state index is 14.5. The topological polar surface area (TPSA) is 391 Å². The summed E-state index contributed by atoms with van der Waals surface area (Å²) in [6, 6.07) is -4.94. The molecule has 24 nitrogen and oxygen atoms in total. The lowest BCUT2D eigenvalue weighted by Gasteiger charge is -2.35. The first-order valence-electron chi connectivity index (χ1n) is 22.9. The normalized spacial score (nSPS) is 24.3. The monoisotopic (exact) mass is 1020 g/mol. The first-order valence-corrected chi connectivity index (χ1v) is 25.4. The quantitative estimate of drug-likeness (QED) is 0.0683. The molecule has 70 heavy (non-hydrogen) atoms. The molecule has 0 bridgehead atoms. The molecule has 2 fully saturated rings. The summed E-state index contributed by atoms with van der Waals surface area (Å²) in [6.45, 7) is 6.66. The zero-order valence-corrected chi connectivity index (χ0v) is 41.7. The van der Waals surface area contributed by atoms with Crippen LogP contribution < -0.4 is 54.8 Å². The van der Waals surface area contributed by atoms with Gasteiger partial charge in [-0.05, 0) is 55.2 Å². The summed E-state index contributed by atoms with van der Waals surface area (Å²) in [7, 11) is 3.41. The molecule has 0 aromatic heterocycles. The van der Waals surface area contributed by atoms with Crippen LogP contribution in [0.5, 0.6) is 5.75 Å². The molecular weight excluding hydrogens is 953 g/mol. The Balaban J connectivity index is 2.08. The van der Waals surface area contributed by atoms with E-state index >= 15 is 0 Å². The SMILES string of the molecule is CC[C@H](C)[C@H]1C(=O)N[C@@H](CCC(N)=O)C(=O)N[C@@H](CC(N)=O)C(=O)N[C@H](C(=O)N2CCC[C@H]2C(=O)N[C@@H](CC(C)C)C(=O)NCC(N)=O)CSSC[C@H](N)C(=O)N[C@@H](Cc2ccc(O)cc2)C(=O)N1C. The number of hydrogen-bond acceptors (Lipinski definition) is 15. The lowest BCUT2D eigenvalue weighted by molar-refractivity contribution is -0.144. The third kappa shape index (κ3) is 18.0. The fourth-order valence-electron chi connectivity index (χ4n) is 7.80. The molecule has 11 amide bonds. The van der Waals surface area contributed by atoms with Crippen molar-refractivity contribution in [3.63, 3.8) is 0 Å². The van der Waals surface area contributed by atoms with Crippen molar-refractivity contribution in [1.82, 2.24) is 41.7 Å². The lowest BCUT2D eigenvalue weighted by Crippen LogP contribution is -2.62. The van der Waals surface area contributed by atoms with E-state index in [2.05, 4.69) is 31.9 Å². The molecule has 388 valence electrons. The number of benzene rings is 1. The molecule has 3 rings (SSSR count). The maximum Gasteiger partial charge on any atom is 0.246 e. The second-order valence-corrected chi connectivity index (χ2v) is 20.4. The van der Waals surface area contributed by atoms with Crippen LogP contribution in [0, 0.1) is 11.8 Å². The van der Waals surface area contributed by atoms with Gasteiger partial charge >= 0.3 is 0 Å². The average Bonchev–Trinajstić information content (AvgIpc) is 3.79. The van der Waals surface area contributed by atoms with Crippen LogP contribution >= 0.6 is 21.6 Å². The minimum atomic E-state index is -1.75. The van der Waals surface area contributed by atoms with Crippen molar-refractivity contribution in [3.05, 3.63) is 29.8 Å². The van der Waals surface area contributed by atoms with Crippen LogP contribution in [0.25, 0.3) is 0 Å². The molecule has 15 N–H and O–H groups in total. The molecule has 1 aromatic carbocycles. The van der Waals surface area contributed by atoms with E-state index in [1.54, 1.807) is 26.0 Å². The zero-order valence-electron chi connectivity index (χ0n) is 40.0. The second kappa shape index (κ2) is 27.9. The highest BCUT2D eigenvalue weighted by molar-refractivity contribution is 8.76. The van der Waals surface area contributed by atoms with E-state index in [1.807, 2.05) is 13.8 Å². The van der Waals surface area contributed by atoms with Crippen LogP contribution in [0.15, 0.2) is 24.3 Å². The Labute approximate surface area is 414 Å². The fraction of sp³-hybridized carbons (Fsp3) is 0.614. The summed E-state index contributed by atoms with van der Waals surface area (Å²) in [4.78, 5) is 150. The summed E-state index contributed by atoms with van der Waals surface area (Å²) in [5.41, 5.74) is 23.0. The highest BCUT2D eigenvalue weighted by Gasteiger charge is 2.41. The van der Waals surface area contributed by atoms with Crippen LogP contribution in [-0.2, 0) is 59.2 Å². The highest BCUT2D eigenvalue weighted by atomic mass is 33.1. The number of hydrogen-bond donors (Lipinski definition) is 11. The summed E-state index contributed by atoms with van der Waals surface area (Å²) in [6.07, 6.45) is -0.663. The van der Waals surface area contributed by atoms with Gasteiger partial charge in [-0.2, -0.15) is 0 Å². The van der Waals surface area contributed by atoms with Gasteiger partial charge in [0.25, 0.3) is 0 Å². The van der Waals surface area contributed by atoms with E-state index in [4.69, 9.17) is 22.9 Å². The summed E-state index contributed by atoms with van der Waals surface area (Å²) < 4.78 is 0. The molecule has 2 aliphatic heterocycles. The van der Waals surface area contributed by atoms with Gasteiger partial charge in [-0.1, -0.05) is 67.8 Å². The molecule has 2 saturated heterocycles. The van der Waals surface area contributed by atoms with E-state index in [-0.39, 0.29) is 49.0 Å². The highest BCUT2D eigenvalue weighted by Crippen LogP contribution is 2.26. The number of carbonyl (C=O) groups is 11. The standard InChI is InChI=1S/C44H68N12O12S2/c1-6-23(4)36-42(66)50-27(13-14-33(46)58)39(63)51-29(18-34(47)59)40(64)54-31(44(68)56-15-7-8-32(56)41(65)52-28(16-22(2)3)38(62)49-19-35(48)60)21-70-69-20-26(45)37(61)53-30(43(67)55(36)5)17-24-9-11-25(57)12-10-24/h9-12,22-23,26-32,36,57H,6-8,13-21,45H2,1-5H3,(H2,46,58)(H2,47,59)(H2,48,60)(H,49,62)(H,50,66)(H,51,63)(H,52,65)(H,53,61)(H,54,64)/t23-,26-,27-,28-,29-,30-,31-,32-,36-/m0/s1. The first-order chi connectivity index (χ1) is 32.9. The van der Waals surface area contributed by atoms with E-state index in [0.717, 1.165) is 26.5 Å². The predicted octanol–water partition coefficient (Wildman–Crippen LogP) is -3.27. The van der Waals surface area contributed by atoms with Gasteiger partial charge in [-0.25, -0.2) is 0 Å². The Bertz CT molecular complexity index is 2080. The van der Waals surface area contributed by atoms with Crippen molar-refractivity contribution < 1.29 is 57.8 Å². The van der Waals surface area contributed by atoms with Crippen LogP contribution in [0.1, 0.15) is 78.2 Å². The molecule has 0 unspecified atom stereocenters. The van der Waals surface area contributed by atoms with Gasteiger partial charge in [-0.15, -0.1) is 0 Å². The van der Waals surface area contributed by atoms with E-state index in [9.17, 15) is 57.8 Å². The van der Waals surface area contributed by atoms with E-state index in [1.165, 1.54) is 24.1 Å². The van der Waals surface area contributed by atoms with Crippen molar-refractivity contribution in [2.45, 2.75) is 127 Å². The van der Waals surface area contributed by atoms with Crippen molar-refractivity contribution in [2.75, 3.05) is 31.6 Å².